The molecule has 0 aromatic carbocycles. The third-order valence-corrected chi connectivity index (χ3v) is 3.65. The molecule has 1 fully saturated rings. The van der Waals surface area contributed by atoms with E-state index in [0.717, 1.165) is 19.4 Å². The fourth-order valence-electron chi connectivity index (χ4n) is 1.98. The van der Waals surface area contributed by atoms with Crippen molar-refractivity contribution in [3.05, 3.63) is 0 Å². The first kappa shape index (κ1) is 13.8. The Morgan fingerprint density at radius 3 is 2.81 bits per heavy atom. The third-order valence-electron chi connectivity index (χ3n) is 2.98. The zero-order chi connectivity index (χ0) is 12.2. The van der Waals surface area contributed by atoms with E-state index in [2.05, 4.69) is 0 Å². The van der Waals surface area contributed by atoms with Gasteiger partial charge >= 0.3 is 0 Å². The molecule has 94 valence electrons. The fraction of sp³-hybridized carbons (Fsp3) is 0.917. The van der Waals surface area contributed by atoms with Gasteiger partial charge in [0.1, 0.15) is 0 Å². The summed E-state index contributed by atoms with van der Waals surface area (Å²) in [5.74, 6) is 0.508. The first-order chi connectivity index (χ1) is 7.51. The average molecular weight is 248 g/mol. The largest absolute Gasteiger partial charge is 0.377 e. The lowest BCUT2D eigenvalue weighted by Gasteiger charge is -2.36. The molecule has 3 nitrogen and oxygen atoms in total. The highest BCUT2D eigenvalue weighted by atomic mass is 35.5. The summed E-state index contributed by atoms with van der Waals surface area (Å²) < 4.78 is 5.58. The van der Waals surface area contributed by atoms with Crippen LogP contribution in [0, 0.1) is 5.41 Å². The summed E-state index contributed by atoms with van der Waals surface area (Å²) in [5, 5.41) is 0. The topological polar surface area (TPSA) is 29.5 Å². The molecular weight excluding hydrogens is 226 g/mol. The maximum Gasteiger partial charge on any atom is 0.229 e. The molecule has 1 saturated heterocycles. The van der Waals surface area contributed by atoms with Gasteiger partial charge < -0.3 is 9.64 Å². The molecule has 1 heterocycles. The zero-order valence-corrected chi connectivity index (χ0v) is 11.2. The molecule has 1 atom stereocenters. The Hall–Kier alpha value is -0.280. The molecule has 1 amide bonds. The van der Waals surface area contributed by atoms with E-state index in [1.807, 2.05) is 25.7 Å². The molecule has 1 rings (SSSR count). The molecule has 0 spiro atoms. The summed E-state index contributed by atoms with van der Waals surface area (Å²) in [6.45, 7) is 8.05. The van der Waals surface area contributed by atoms with Gasteiger partial charge in [0.2, 0.25) is 5.91 Å². The normalized spacial score (nSPS) is 22.2. The van der Waals surface area contributed by atoms with E-state index in [4.69, 9.17) is 16.3 Å². The van der Waals surface area contributed by atoms with Crippen molar-refractivity contribution in [3.8, 4) is 0 Å². The van der Waals surface area contributed by atoms with Crippen LogP contribution in [0.15, 0.2) is 0 Å². The number of rotatable bonds is 4. The lowest BCUT2D eigenvalue weighted by molar-refractivity contribution is -0.143. The number of hydrogen-bond acceptors (Lipinski definition) is 2. The SMILES string of the molecule is CCOC1CCCN(C(=O)C(C)(C)CCl)C1. The van der Waals surface area contributed by atoms with Gasteiger partial charge in [-0.2, -0.15) is 0 Å². The molecule has 1 aliphatic rings. The quantitative estimate of drug-likeness (QED) is 0.714. The third kappa shape index (κ3) is 3.36. The molecule has 16 heavy (non-hydrogen) atoms. The summed E-state index contributed by atoms with van der Waals surface area (Å²) in [6, 6.07) is 0. The maximum atomic E-state index is 12.2. The van der Waals surface area contributed by atoms with Crippen LogP contribution >= 0.6 is 11.6 Å². The Balaban J connectivity index is 2.56. The number of nitrogens with zero attached hydrogens (tertiary/aromatic N) is 1. The number of piperidine rings is 1. The van der Waals surface area contributed by atoms with Crippen LogP contribution in [0.5, 0.6) is 0 Å². The van der Waals surface area contributed by atoms with E-state index in [1.54, 1.807) is 0 Å². The van der Waals surface area contributed by atoms with E-state index in [1.165, 1.54) is 0 Å². The summed E-state index contributed by atoms with van der Waals surface area (Å²) >= 11 is 5.83. The number of carbonyl (C=O) groups excluding carboxylic acids is 1. The van der Waals surface area contributed by atoms with Gasteiger partial charge in [-0.3, -0.25) is 4.79 Å². The number of amides is 1. The van der Waals surface area contributed by atoms with Crippen molar-refractivity contribution in [1.29, 1.82) is 0 Å². The van der Waals surface area contributed by atoms with Crippen molar-refractivity contribution in [1.82, 2.24) is 4.90 Å². The number of alkyl halides is 1. The second-order valence-corrected chi connectivity index (χ2v) is 5.26. The smallest absolute Gasteiger partial charge is 0.229 e. The van der Waals surface area contributed by atoms with Gasteiger partial charge in [0, 0.05) is 25.6 Å². The van der Waals surface area contributed by atoms with Crippen LogP contribution in [0.4, 0.5) is 0 Å². The van der Waals surface area contributed by atoms with Gasteiger partial charge in [0.15, 0.2) is 0 Å². The molecule has 0 aromatic rings. The van der Waals surface area contributed by atoms with E-state index in [-0.39, 0.29) is 12.0 Å². The van der Waals surface area contributed by atoms with Crippen LogP contribution in [0.2, 0.25) is 0 Å². The van der Waals surface area contributed by atoms with Crippen LogP contribution in [-0.4, -0.2) is 42.5 Å². The van der Waals surface area contributed by atoms with Gasteiger partial charge in [0.05, 0.1) is 11.5 Å². The van der Waals surface area contributed by atoms with Crippen molar-refractivity contribution in [2.45, 2.75) is 39.7 Å². The Morgan fingerprint density at radius 2 is 2.25 bits per heavy atom. The second-order valence-electron chi connectivity index (χ2n) is 4.99. The molecular formula is C12H22ClNO2. The minimum absolute atomic E-state index is 0.145. The van der Waals surface area contributed by atoms with Crippen LogP contribution < -0.4 is 0 Å². The summed E-state index contributed by atoms with van der Waals surface area (Å²) in [6.07, 6.45) is 2.28. The Morgan fingerprint density at radius 1 is 1.56 bits per heavy atom. The predicted octanol–water partition coefficient (Wildman–Crippen LogP) is 2.28. The van der Waals surface area contributed by atoms with Crippen molar-refractivity contribution in [2.24, 2.45) is 5.41 Å². The molecule has 0 saturated carbocycles. The Kier molecular flexibility index (Phi) is 5.06. The summed E-state index contributed by atoms with van der Waals surface area (Å²) in [4.78, 5) is 14.1. The minimum atomic E-state index is -0.463. The highest BCUT2D eigenvalue weighted by molar-refractivity contribution is 6.19. The van der Waals surface area contributed by atoms with Gasteiger partial charge in [0.25, 0.3) is 0 Å². The van der Waals surface area contributed by atoms with Crippen molar-refractivity contribution < 1.29 is 9.53 Å². The van der Waals surface area contributed by atoms with Crippen molar-refractivity contribution >= 4 is 17.5 Å². The van der Waals surface area contributed by atoms with Gasteiger partial charge in [-0.1, -0.05) is 0 Å². The van der Waals surface area contributed by atoms with Gasteiger partial charge in [-0.15, -0.1) is 11.6 Å². The van der Waals surface area contributed by atoms with Gasteiger partial charge in [-0.05, 0) is 33.6 Å². The standard InChI is InChI=1S/C12H22ClNO2/c1-4-16-10-6-5-7-14(8-10)11(15)12(2,3)9-13/h10H,4-9H2,1-3H3. The lowest BCUT2D eigenvalue weighted by atomic mass is 9.93. The van der Waals surface area contributed by atoms with Gasteiger partial charge in [-0.25, -0.2) is 0 Å². The van der Waals surface area contributed by atoms with E-state index >= 15 is 0 Å². The number of ether oxygens (including phenoxy) is 1. The fourth-order valence-corrected chi connectivity index (χ4v) is 2.09. The molecule has 1 unspecified atom stereocenters. The highest BCUT2D eigenvalue weighted by Crippen LogP contribution is 2.23. The molecule has 0 aliphatic carbocycles. The van der Waals surface area contributed by atoms with E-state index in [9.17, 15) is 4.79 Å². The number of halogens is 1. The number of hydrogen-bond donors (Lipinski definition) is 0. The van der Waals surface area contributed by atoms with Crippen LogP contribution in [-0.2, 0) is 9.53 Å². The average Bonchev–Trinajstić information content (AvgIpc) is 2.29. The second kappa shape index (κ2) is 5.87. The summed E-state index contributed by atoms with van der Waals surface area (Å²) in [5.41, 5.74) is -0.463. The highest BCUT2D eigenvalue weighted by Gasteiger charge is 2.33. The van der Waals surface area contributed by atoms with Crippen molar-refractivity contribution in [3.63, 3.8) is 0 Å². The van der Waals surface area contributed by atoms with Crippen LogP contribution in [0.3, 0.4) is 0 Å². The monoisotopic (exact) mass is 247 g/mol. The molecule has 0 N–H and O–H groups in total. The number of carbonyl (C=O) groups is 1. The first-order valence-corrected chi connectivity index (χ1v) is 6.51. The minimum Gasteiger partial charge on any atom is -0.377 e. The Bertz CT molecular complexity index is 241. The molecule has 1 aliphatic heterocycles. The van der Waals surface area contributed by atoms with Crippen LogP contribution in [0.1, 0.15) is 33.6 Å². The van der Waals surface area contributed by atoms with Crippen molar-refractivity contribution in [2.75, 3.05) is 25.6 Å². The number of likely N-dealkylation sites (tertiary alicyclic amines) is 1. The maximum absolute atomic E-state index is 12.2. The summed E-state index contributed by atoms with van der Waals surface area (Å²) in [7, 11) is 0. The molecule has 0 aromatic heterocycles. The molecule has 0 bridgehead atoms. The van der Waals surface area contributed by atoms with E-state index in [0.29, 0.717) is 19.0 Å². The Labute approximate surface area is 103 Å². The zero-order valence-electron chi connectivity index (χ0n) is 10.5. The lowest BCUT2D eigenvalue weighted by Crippen LogP contribution is -2.48. The van der Waals surface area contributed by atoms with E-state index < -0.39 is 5.41 Å². The molecule has 0 radical (unpaired) electrons. The first-order valence-electron chi connectivity index (χ1n) is 5.98. The van der Waals surface area contributed by atoms with Crippen LogP contribution in [0.25, 0.3) is 0 Å². The molecule has 4 heteroatoms. The predicted molar refractivity (Wildman–Crippen MR) is 65.7 cm³/mol.